The van der Waals surface area contributed by atoms with Gasteiger partial charge in [0, 0.05) is 24.0 Å². The van der Waals surface area contributed by atoms with Crippen LogP contribution >= 0.6 is 22.9 Å². The Morgan fingerprint density at radius 2 is 2.11 bits per heavy atom. The molecule has 2 aromatic rings. The van der Waals surface area contributed by atoms with Crippen molar-refractivity contribution in [2.45, 2.75) is 32.4 Å². The van der Waals surface area contributed by atoms with Gasteiger partial charge in [-0.05, 0) is 38.0 Å². The van der Waals surface area contributed by atoms with Crippen molar-refractivity contribution in [2.24, 2.45) is 0 Å². The zero-order chi connectivity index (χ0) is 20.3. The fraction of sp³-hybridized carbons (Fsp3) is 0.444. The van der Waals surface area contributed by atoms with Crippen molar-refractivity contribution in [3.63, 3.8) is 0 Å². The quantitative estimate of drug-likeness (QED) is 0.741. The Bertz CT molecular complexity index is 953. The van der Waals surface area contributed by atoms with E-state index in [0.717, 1.165) is 10.7 Å². The van der Waals surface area contributed by atoms with Crippen LogP contribution in [0.4, 0.5) is 0 Å². The molecule has 7 nitrogen and oxygen atoms in total. The molecule has 1 aliphatic heterocycles. The van der Waals surface area contributed by atoms with Crippen molar-refractivity contribution in [3.05, 3.63) is 44.9 Å². The fourth-order valence-corrected chi connectivity index (χ4v) is 4.67. The standard InChI is InChI=1S/C18H22ClN3O4S2/c1-12-21-14(11-27-12)10-20-18(23)13-3-4-17(16(19)9-13)26-15-5-7-22(8-6-15)28(2,24)25/h3-4,9,11,15H,5-8,10H2,1-2H3,(H,20,23). The summed E-state index contributed by atoms with van der Waals surface area (Å²) in [6.45, 7) is 3.13. The summed E-state index contributed by atoms with van der Waals surface area (Å²) in [5.41, 5.74) is 1.26. The lowest BCUT2D eigenvalue weighted by atomic mass is 10.1. The zero-order valence-corrected chi connectivity index (χ0v) is 18.0. The third kappa shape index (κ3) is 5.44. The molecule has 1 aromatic heterocycles. The van der Waals surface area contributed by atoms with E-state index in [1.165, 1.54) is 21.9 Å². The second-order valence-electron chi connectivity index (χ2n) is 6.66. The Morgan fingerprint density at radius 3 is 2.68 bits per heavy atom. The summed E-state index contributed by atoms with van der Waals surface area (Å²) < 4.78 is 30.5. The molecule has 10 heteroatoms. The molecule has 0 bridgehead atoms. The molecule has 0 spiro atoms. The smallest absolute Gasteiger partial charge is 0.251 e. The highest BCUT2D eigenvalue weighted by molar-refractivity contribution is 7.88. The molecule has 0 radical (unpaired) electrons. The molecule has 1 aromatic carbocycles. The van der Waals surface area contributed by atoms with Gasteiger partial charge in [0.15, 0.2) is 0 Å². The highest BCUT2D eigenvalue weighted by Crippen LogP contribution is 2.28. The van der Waals surface area contributed by atoms with E-state index in [2.05, 4.69) is 10.3 Å². The maximum absolute atomic E-state index is 12.3. The Kier molecular flexibility index (Phi) is 6.59. The summed E-state index contributed by atoms with van der Waals surface area (Å²) >= 11 is 7.83. The van der Waals surface area contributed by atoms with Crippen molar-refractivity contribution < 1.29 is 17.9 Å². The van der Waals surface area contributed by atoms with Crippen LogP contribution in [0.25, 0.3) is 0 Å². The number of hydrogen-bond acceptors (Lipinski definition) is 6. The SMILES string of the molecule is Cc1nc(CNC(=O)c2ccc(OC3CCN(S(C)(=O)=O)CC3)c(Cl)c2)cs1. The number of amides is 1. The first kappa shape index (κ1) is 21.0. The number of aromatic nitrogens is 1. The van der Waals surface area contributed by atoms with E-state index < -0.39 is 10.0 Å². The summed E-state index contributed by atoms with van der Waals surface area (Å²) in [7, 11) is -3.17. The van der Waals surface area contributed by atoms with Crippen molar-refractivity contribution in [1.29, 1.82) is 0 Å². The highest BCUT2D eigenvalue weighted by Gasteiger charge is 2.26. The predicted octanol–water partition coefficient (Wildman–Crippen LogP) is 2.84. The second kappa shape index (κ2) is 8.77. The first-order chi connectivity index (χ1) is 13.2. The number of carbonyl (C=O) groups is 1. The monoisotopic (exact) mass is 443 g/mol. The van der Waals surface area contributed by atoms with Crippen LogP contribution < -0.4 is 10.1 Å². The molecule has 0 saturated carbocycles. The summed E-state index contributed by atoms with van der Waals surface area (Å²) in [5, 5.41) is 6.03. The maximum atomic E-state index is 12.3. The number of sulfonamides is 1. The number of hydrogen-bond donors (Lipinski definition) is 1. The molecule has 28 heavy (non-hydrogen) atoms. The average Bonchev–Trinajstić information content (AvgIpc) is 3.06. The van der Waals surface area contributed by atoms with Gasteiger partial charge in [-0.2, -0.15) is 0 Å². The molecule has 152 valence electrons. The van der Waals surface area contributed by atoms with Crippen LogP contribution in [-0.2, 0) is 16.6 Å². The summed E-state index contributed by atoms with van der Waals surface area (Å²) in [6.07, 6.45) is 2.30. The van der Waals surface area contributed by atoms with Crippen LogP contribution in [0.5, 0.6) is 5.75 Å². The number of ether oxygens (including phenoxy) is 1. The van der Waals surface area contributed by atoms with Crippen molar-refractivity contribution in [2.75, 3.05) is 19.3 Å². The van der Waals surface area contributed by atoms with Crippen LogP contribution in [0.2, 0.25) is 5.02 Å². The molecule has 1 amide bonds. The van der Waals surface area contributed by atoms with Crippen LogP contribution in [0.1, 0.15) is 33.9 Å². The fourth-order valence-electron chi connectivity index (χ4n) is 2.96. The number of benzene rings is 1. The lowest BCUT2D eigenvalue weighted by molar-refractivity contribution is 0.0950. The second-order valence-corrected chi connectivity index (χ2v) is 10.1. The maximum Gasteiger partial charge on any atom is 0.251 e. The summed E-state index contributed by atoms with van der Waals surface area (Å²) in [5.74, 6) is 0.256. The Labute approximate surface area is 173 Å². The van der Waals surface area contributed by atoms with Gasteiger partial charge in [-0.1, -0.05) is 11.6 Å². The van der Waals surface area contributed by atoms with Gasteiger partial charge < -0.3 is 10.1 Å². The number of nitrogens with zero attached hydrogens (tertiary/aromatic N) is 2. The number of aryl methyl sites for hydroxylation is 1. The molecular formula is C18H22ClN3O4S2. The molecule has 2 heterocycles. The van der Waals surface area contributed by atoms with E-state index in [0.29, 0.717) is 48.8 Å². The topological polar surface area (TPSA) is 88.6 Å². The van der Waals surface area contributed by atoms with Crippen molar-refractivity contribution in [1.82, 2.24) is 14.6 Å². The number of rotatable bonds is 6. The van der Waals surface area contributed by atoms with E-state index >= 15 is 0 Å². The van der Waals surface area contributed by atoms with E-state index in [1.807, 2.05) is 12.3 Å². The van der Waals surface area contributed by atoms with Gasteiger partial charge in [-0.25, -0.2) is 17.7 Å². The van der Waals surface area contributed by atoms with Gasteiger partial charge in [-0.3, -0.25) is 4.79 Å². The van der Waals surface area contributed by atoms with Gasteiger partial charge in [-0.15, -0.1) is 11.3 Å². The molecule has 0 aliphatic carbocycles. The highest BCUT2D eigenvalue weighted by atomic mass is 35.5. The van der Waals surface area contributed by atoms with Crippen LogP contribution in [0, 0.1) is 6.92 Å². The molecule has 1 saturated heterocycles. The van der Waals surface area contributed by atoms with Gasteiger partial charge in [0.25, 0.3) is 5.91 Å². The summed E-state index contributed by atoms with van der Waals surface area (Å²) in [4.78, 5) is 16.6. The van der Waals surface area contributed by atoms with Crippen LogP contribution in [0.15, 0.2) is 23.6 Å². The minimum atomic E-state index is -3.17. The average molecular weight is 444 g/mol. The third-order valence-electron chi connectivity index (χ3n) is 4.45. The van der Waals surface area contributed by atoms with Crippen molar-refractivity contribution >= 4 is 38.9 Å². The number of thiazole rings is 1. The van der Waals surface area contributed by atoms with E-state index in [-0.39, 0.29) is 12.0 Å². The number of nitrogens with one attached hydrogen (secondary N) is 1. The molecule has 3 rings (SSSR count). The van der Waals surface area contributed by atoms with E-state index in [9.17, 15) is 13.2 Å². The molecule has 1 N–H and O–H groups in total. The lowest BCUT2D eigenvalue weighted by Gasteiger charge is -2.30. The normalized spacial score (nSPS) is 16.1. The largest absolute Gasteiger partial charge is 0.489 e. The van der Waals surface area contributed by atoms with Gasteiger partial charge >= 0.3 is 0 Å². The molecule has 0 atom stereocenters. The predicted molar refractivity (Wildman–Crippen MR) is 110 cm³/mol. The summed E-state index contributed by atoms with van der Waals surface area (Å²) in [6, 6.07) is 4.91. The molecule has 1 aliphatic rings. The number of carbonyl (C=O) groups excluding carboxylic acids is 1. The number of piperidine rings is 1. The minimum Gasteiger partial charge on any atom is -0.489 e. The van der Waals surface area contributed by atoms with Gasteiger partial charge in [0.1, 0.15) is 11.9 Å². The van der Waals surface area contributed by atoms with E-state index in [1.54, 1.807) is 18.2 Å². The van der Waals surface area contributed by atoms with Crippen molar-refractivity contribution in [3.8, 4) is 5.75 Å². The van der Waals surface area contributed by atoms with Crippen LogP contribution in [0.3, 0.4) is 0 Å². The molecule has 1 fully saturated rings. The molecular weight excluding hydrogens is 422 g/mol. The zero-order valence-electron chi connectivity index (χ0n) is 15.6. The Morgan fingerprint density at radius 1 is 1.39 bits per heavy atom. The first-order valence-corrected chi connectivity index (χ1v) is 11.9. The van der Waals surface area contributed by atoms with Gasteiger partial charge in [0.05, 0.1) is 28.5 Å². The van der Waals surface area contributed by atoms with Gasteiger partial charge in [0.2, 0.25) is 10.0 Å². The third-order valence-corrected chi connectivity index (χ3v) is 6.88. The van der Waals surface area contributed by atoms with Crippen LogP contribution in [-0.4, -0.2) is 49.1 Å². The lowest BCUT2D eigenvalue weighted by Crippen LogP contribution is -2.41. The number of halogens is 1. The Balaban J connectivity index is 1.56. The first-order valence-electron chi connectivity index (χ1n) is 8.83. The molecule has 0 unspecified atom stereocenters. The Hall–Kier alpha value is -1.68. The minimum absolute atomic E-state index is 0.108. The van der Waals surface area contributed by atoms with E-state index in [4.69, 9.17) is 16.3 Å².